The second kappa shape index (κ2) is 8.89. The Hall–Kier alpha value is -0.120. The summed E-state index contributed by atoms with van der Waals surface area (Å²) in [4.78, 5) is 2.62. The predicted molar refractivity (Wildman–Crippen MR) is 78.0 cm³/mol. The molecule has 18 heavy (non-hydrogen) atoms. The predicted octanol–water partition coefficient (Wildman–Crippen LogP) is 2.37. The Labute approximate surface area is 113 Å². The van der Waals surface area contributed by atoms with Gasteiger partial charge in [0.15, 0.2) is 0 Å². The van der Waals surface area contributed by atoms with Gasteiger partial charge in [0.05, 0.1) is 6.61 Å². The maximum Gasteiger partial charge on any atom is 0.0630 e. The van der Waals surface area contributed by atoms with Gasteiger partial charge in [-0.15, -0.1) is 0 Å². The third kappa shape index (κ3) is 5.68. The fraction of sp³-hybridized carbons (Fsp3) is 1.00. The molecule has 1 saturated heterocycles. The van der Waals surface area contributed by atoms with E-state index in [0.717, 1.165) is 31.5 Å². The fourth-order valence-electron chi connectivity index (χ4n) is 2.86. The first kappa shape index (κ1) is 15.9. The molecule has 0 spiro atoms. The average molecular weight is 256 g/mol. The molecule has 0 radical (unpaired) electrons. The number of hydrogen-bond acceptors (Lipinski definition) is 3. The van der Waals surface area contributed by atoms with Gasteiger partial charge in [-0.2, -0.15) is 0 Å². The van der Waals surface area contributed by atoms with Gasteiger partial charge in [-0.1, -0.05) is 27.2 Å². The quantitative estimate of drug-likeness (QED) is 0.685. The largest absolute Gasteiger partial charge is 0.383 e. The number of nitrogens with zero attached hydrogens (tertiary/aromatic N) is 1. The van der Waals surface area contributed by atoms with Crippen molar-refractivity contribution < 1.29 is 4.74 Å². The fourth-order valence-corrected chi connectivity index (χ4v) is 2.86. The van der Waals surface area contributed by atoms with Gasteiger partial charge in [0.2, 0.25) is 0 Å². The molecular weight excluding hydrogens is 224 g/mol. The Balaban J connectivity index is 2.32. The molecule has 1 rings (SSSR count). The smallest absolute Gasteiger partial charge is 0.0630 e. The number of rotatable bonds is 9. The van der Waals surface area contributed by atoms with Gasteiger partial charge in [-0.05, 0) is 37.8 Å². The second-order valence-corrected chi connectivity index (χ2v) is 6.10. The van der Waals surface area contributed by atoms with Crippen LogP contribution >= 0.6 is 0 Å². The Morgan fingerprint density at radius 2 is 2.11 bits per heavy atom. The van der Waals surface area contributed by atoms with Gasteiger partial charge in [0.25, 0.3) is 0 Å². The van der Waals surface area contributed by atoms with Crippen molar-refractivity contribution in [3.8, 4) is 0 Å². The van der Waals surface area contributed by atoms with Crippen LogP contribution in [0.1, 0.15) is 40.0 Å². The normalized spacial score (nSPS) is 22.8. The standard InChI is InChI=1S/C15H32N2O/c1-5-6-14-7-8-17(11-14)15(12-18-4)10-16-9-13(2)3/h13-16H,5-12H2,1-4H3. The van der Waals surface area contributed by atoms with Gasteiger partial charge in [-0.25, -0.2) is 0 Å². The number of likely N-dealkylation sites (tertiary alicyclic amines) is 1. The van der Waals surface area contributed by atoms with E-state index in [1.165, 1.54) is 32.4 Å². The van der Waals surface area contributed by atoms with Crippen molar-refractivity contribution in [2.75, 3.05) is 39.9 Å². The molecule has 2 atom stereocenters. The lowest BCUT2D eigenvalue weighted by Crippen LogP contribution is -2.44. The van der Waals surface area contributed by atoms with Crippen molar-refractivity contribution in [2.24, 2.45) is 11.8 Å². The minimum Gasteiger partial charge on any atom is -0.383 e. The van der Waals surface area contributed by atoms with Crippen LogP contribution in [0.25, 0.3) is 0 Å². The van der Waals surface area contributed by atoms with Gasteiger partial charge in [-0.3, -0.25) is 4.90 Å². The average Bonchev–Trinajstić information content (AvgIpc) is 2.76. The van der Waals surface area contributed by atoms with Crippen molar-refractivity contribution >= 4 is 0 Å². The molecule has 0 aromatic rings. The SMILES string of the molecule is CCCC1CCN(C(CNCC(C)C)COC)C1. The first-order valence-corrected chi connectivity index (χ1v) is 7.61. The molecule has 1 heterocycles. The van der Waals surface area contributed by atoms with E-state index in [-0.39, 0.29) is 0 Å². The molecule has 0 bridgehead atoms. The van der Waals surface area contributed by atoms with Crippen molar-refractivity contribution in [3.05, 3.63) is 0 Å². The maximum atomic E-state index is 5.39. The van der Waals surface area contributed by atoms with Crippen molar-refractivity contribution in [2.45, 2.75) is 46.1 Å². The summed E-state index contributed by atoms with van der Waals surface area (Å²) in [5.74, 6) is 1.64. The van der Waals surface area contributed by atoms with E-state index < -0.39 is 0 Å². The first-order valence-electron chi connectivity index (χ1n) is 7.61. The Kier molecular flexibility index (Phi) is 7.87. The molecule has 1 fully saturated rings. The van der Waals surface area contributed by atoms with E-state index in [2.05, 4.69) is 31.0 Å². The minimum atomic E-state index is 0.551. The highest BCUT2D eigenvalue weighted by molar-refractivity contribution is 4.82. The Morgan fingerprint density at radius 3 is 2.72 bits per heavy atom. The zero-order valence-electron chi connectivity index (χ0n) is 12.7. The van der Waals surface area contributed by atoms with E-state index in [1.54, 1.807) is 0 Å². The Bertz CT molecular complexity index is 209. The number of hydrogen-bond donors (Lipinski definition) is 1. The summed E-state index contributed by atoms with van der Waals surface area (Å²) in [6.07, 6.45) is 4.08. The lowest BCUT2D eigenvalue weighted by molar-refractivity contribution is 0.101. The molecule has 2 unspecified atom stereocenters. The zero-order chi connectivity index (χ0) is 13.4. The van der Waals surface area contributed by atoms with Crippen LogP contribution in [-0.4, -0.2) is 50.8 Å². The number of methoxy groups -OCH3 is 1. The molecular formula is C15H32N2O. The molecule has 0 aliphatic carbocycles. The van der Waals surface area contributed by atoms with E-state index in [4.69, 9.17) is 4.74 Å². The molecule has 1 aliphatic heterocycles. The molecule has 108 valence electrons. The van der Waals surface area contributed by atoms with E-state index in [1.807, 2.05) is 7.11 Å². The Morgan fingerprint density at radius 1 is 1.33 bits per heavy atom. The first-order chi connectivity index (χ1) is 8.67. The van der Waals surface area contributed by atoms with Gasteiger partial charge in [0, 0.05) is 26.2 Å². The molecule has 1 N–H and O–H groups in total. The third-order valence-corrected chi connectivity index (χ3v) is 3.82. The van der Waals surface area contributed by atoms with Crippen LogP contribution in [0.5, 0.6) is 0 Å². The second-order valence-electron chi connectivity index (χ2n) is 6.10. The zero-order valence-corrected chi connectivity index (χ0v) is 12.7. The van der Waals surface area contributed by atoms with Crippen LogP contribution in [0.15, 0.2) is 0 Å². The molecule has 3 nitrogen and oxygen atoms in total. The highest BCUT2D eigenvalue weighted by Crippen LogP contribution is 2.22. The van der Waals surface area contributed by atoms with Gasteiger partial charge < -0.3 is 10.1 Å². The van der Waals surface area contributed by atoms with Crippen LogP contribution < -0.4 is 5.32 Å². The highest BCUT2D eigenvalue weighted by Gasteiger charge is 2.27. The third-order valence-electron chi connectivity index (χ3n) is 3.82. The van der Waals surface area contributed by atoms with Crippen LogP contribution in [0.3, 0.4) is 0 Å². The molecule has 0 amide bonds. The lowest BCUT2D eigenvalue weighted by Gasteiger charge is -2.28. The summed E-state index contributed by atoms with van der Waals surface area (Å²) >= 11 is 0. The summed E-state index contributed by atoms with van der Waals surface area (Å²) in [6.45, 7) is 12.3. The topological polar surface area (TPSA) is 24.5 Å². The monoisotopic (exact) mass is 256 g/mol. The van der Waals surface area contributed by atoms with Gasteiger partial charge in [0.1, 0.15) is 0 Å². The molecule has 3 heteroatoms. The summed E-state index contributed by atoms with van der Waals surface area (Å²) in [5.41, 5.74) is 0. The maximum absolute atomic E-state index is 5.39. The molecule has 0 aromatic heterocycles. The van der Waals surface area contributed by atoms with Crippen molar-refractivity contribution in [3.63, 3.8) is 0 Å². The van der Waals surface area contributed by atoms with E-state index in [0.29, 0.717) is 6.04 Å². The summed E-state index contributed by atoms with van der Waals surface area (Å²) in [5, 5.41) is 3.57. The minimum absolute atomic E-state index is 0.551. The van der Waals surface area contributed by atoms with Crippen LogP contribution in [0.4, 0.5) is 0 Å². The number of nitrogens with one attached hydrogen (secondary N) is 1. The molecule has 1 aliphatic rings. The summed E-state index contributed by atoms with van der Waals surface area (Å²) < 4.78 is 5.39. The lowest BCUT2D eigenvalue weighted by atomic mass is 10.0. The molecule has 0 aromatic carbocycles. The van der Waals surface area contributed by atoms with Crippen molar-refractivity contribution in [1.82, 2.24) is 10.2 Å². The molecule has 0 saturated carbocycles. The van der Waals surface area contributed by atoms with Crippen LogP contribution in [0.2, 0.25) is 0 Å². The number of ether oxygens (including phenoxy) is 1. The summed E-state index contributed by atoms with van der Waals surface area (Å²) in [6, 6.07) is 0.551. The van der Waals surface area contributed by atoms with Crippen molar-refractivity contribution in [1.29, 1.82) is 0 Å². The van der Waals surface area contributed by atoms with E-state index in [9.17, 15) is 0 Å². The van der Waals surface area contributed by atoms with Gasteiger partial charge >= 0.3 is 0 Å². The van der Waals surface area contributed by atoms with Crippen LogP contribution in [0, 0.1) is 11.8 Å². The highest BCUT2D eigenvalue weighted by atomic mass is 16.5. The van der Waals surface area contributed by atoms with Crippen LogP contribution in [-0.2, 0) is 4.74 Å². The van der Waals surface area contributed by atoms with E-state index >= 15 is 0 Å². The summed E-state index contributed by atoms with van der Waals surface area (Å²) in [7, 11) is 1.81.